The number of primary amides is 1. The molecule has 2 N–H and O–H groups in total. The molecular formula is C15H10N2O3. The number of rotatable bonds is 2. The van der Waals surface area contributed by atoms with E-state index in [-0.39, 0.29) is 11.3 Å². The number of imide groups is 1. The summed E-state index contributed by atoms with van der Waals surface area (Å²) in [5.41, 5.74) is 6.31. The molecule has 5 heteroatoms. The number of hydrogen-bond acceptors (Lipinski definition) is 3. The molecule has 2 aromatic carbocycles. The average molecular weight is 266 g/mol. The number of nitrogens with zero attached hydrogens (tertiary/aromatic N) is 1. The minimum Gasteiger partial charge on any atom is -0.366 e. The zero-order valence-electron chi connectivity index (χ0n) is 10.4. The van der Waals surface area contributed by atoms with Gasteiger partial charge in [0.1, 0.15) is 0 Å². The maximum Gasteiger partial charge on any atom is 0.266 e. The van der Waals surface area contributed by atoms with E-state index < -0.39 is 17.7 Å². The van der Waals surface area contributed by atoms with Crippen molar-refractivity contribution in [3.05, 3.63) is 65.2 Å². The van der Waals surface area contributed by atoms with E-state index in [0.717, 1.165) is 4.90 Å². The van der Waals surface area contributed by atoms with Gasteiger partial charge in [-0.3, -0.25) is 14.4 Å². The summed E-state index contributed by atoms with van der Waals surface area (Å²) in [5, 5.41) is 0. The van der Waals surface area contributed by atoms with E-state index in [1.807, 2.05) is 0 Å². The molecule has 0 bridgehead atoms. The van der Waals surface area contributed by atoms with Gasteiger partial charge in [0.25, 0.3) is 17.7 Å². The molecule has 0 unspecified atom stereocenters. The lowest BCUT2D eigenvalue weighted by atomic mass is 10.1. The largest absolute Gasteiger partial charge is 0.366 e. The third kappa shape index (κ3) is 1.60. The van der Waals surface area contributed by atoms with Gasteiger partial charge in [-0.2, -0.15) is 0 Å². The number of hydrogen-bond donors (Lipinski definition) is 1. The van der Waals surface area contributed by atoms with Crippen molar-refractivity contribution in [2.45, 2.75) is 0 Å². The van der Waals surface area contributed by atoms with Gasteiger partial charge in [-0.15, -0.1) is 0 Å². The maximum atomic E-state index is 12.3. The average Bonchev–Trinajstić information content (AvgIpc) is 2.71. The lowest BCUT2D eigenvalue weighted by molar-refractivity contribution is 0.0926. The smallest absolute Gasteiger partial charge is 0.266 e. The molecule has 1 aliphatic heterocycles. The Morgan fingerprint density at radius 3 is 1.90 bits per heavy atom. The van der Waals surface area contributed by atoms with Gasteiger partial charge < -0.3 is 5.73 Å². The first-order valence-electron chi connectivity index (χ1n) is 5.98. The molecule has 0 atom stereocenters. The molecule has 0 saturated carbocycles. The van der Waals surface area contributed by atoms with Gasteiger partial charge in [0, 0.05) is 0 Å². The van der Waals surface area contributed by atoms with Crippen molar-refractivity contribution in [3.63, 3.8) is 0 Å². The van der Waals surface area contributed by atoms with Crippen LogP contribution < -0.4 is 10.6 Å². The lowest BCUT2D eigenvalue weighted by Gasteiger charge is -2.16. The predicted octanol–water partition coefficient (Wildman–Crippen LogP) is 1.59. The van der Waals surface area contributed by atoms with Gasteiger partial charge >= 0.3 is 0 Å². The molecule has 3 amide bonds. The Labute approximate surface area is 114 Å². The van der Waals surface area contributed by atoms with E-state index in [4.69, 9.17) is 5.73 Å². The number of carbonyl (C=O) groups is 3. The fraction of sp³-hybridized carbons (Fsp3) is 0. The molecule has 0 fully saturated rings. The first-order valence-corrected chi connectivity index (χ1v) is 5.98. The van der Waals surface area contributed by atoms with E-state index in [2.05, 4.69) is 0 Å². The zero-order chi connectivity index (χ0) is 14.3. The molecule has 0 spiro atoms. The number of para-hydroxylation sites is 1. The van der Waals surface area contributed by atoms with E-state index >= 15 is 0 Å². The van der Waals surface area contributed by atoms with E-state index in [1.165, 1.54) is 12.1 Å². The van der Waals surface area contributed by atoms with Crippen molar-refractivity contribution < 1.29 is 14.4 Å². The molecule has 0 aliphatic carbocycles. The van der Waals surface area contributed by atoms with Gasteiger partial charge in [-0.05, 0) is 24.3 Å². The molecule has 5 nitrogen and oxygen atoms in total. The maximum absolute atomic E-state index is 12.3. The molecule has 2 aromatic rings. The Morgan fingerprint density at radius 2 is 1.35 bits per heavy atom. The van der Waals surface area contributed by atoms with Gasteiger partial charge in [-0.25, -0.2) is 4.90 Å². The van der Waals surface area contributed by atoms with E-state index in [9.17, 15) is 14.4 Å². The minimum atomic E-state index is -0.683. The van der Waals surface area contributed by atoms with Crippen molar-refractivity contribution in [2.24, 2.45) is 5.73 Å². The summed E-state index contributed by atoms with van der Waals surface area (Å²) in [7, 11) is 0. The fourth-order valence-electron chi connectivity index (χ4n) is 2.29. The van der Waals surface area contributed by atoms with Crippen LogP contribution in [0.3, 0.4) is 0 Å². The highest BCUT2D eigenvalue weighted by molar-refractivity contribution is 6.35. The molecule has 1 aliphatic rings. The molecule has 0 radical (unpaired) electrons. The second-order valence-electron chi connectivity index (χ2n) is 4.37. The topological polar surface area (TPSA) is 80.5 Å². The monoisotopic (exact) mass is 266 g/mol. The summed E-state index contributed by atoms with van der Waals surface area (Å²) in [6, 6.07) is 12.8. The normalized spacial score (nSPS) is 13.5. The van der Waals surface area contributed by atoms with Crippen LogP contribution >= 0.6 is 0 Å². The highest BCUT2D eigenvalue weighted by Crippen LogP contribution is 2.30. The summed E-state index contributed by atoms with van der Waals surface area (Å²) in [4.78, 5) is 37.1. The van der Waals surface area contributed by atoms with Crippen LogP contribution in [0.15, 0.2) is 48.5 Å². The summed E-state index contributed by atoms with van der Waals surface area (Å²) < 4.78 is 0. The highest BCUT2D eigenvalue weighted by atomic mass is 16.2. The molecule has 20 heavy (non-hydrogen) atoms. The Hall–Kier alpha value is -2.95. The number of nitrogens with two attached hydrogens (primary N) is 1. The summed E-state index contributed by atoms with van der Waals surface area (Å²) in [6.45, 7) is 0. The van der Waals surface area contributed by atoms with Gasteiger partial charge in [0.15, 0.2) is 0 Å². The second-order valence-corrected chi connectivity index (χ2v) is 4.37. The van der Waals surface area contributed by atoms with E-state index in [0.29, 0.717) is 11.1 Å². The van der Waals surface area contributed by atoms with E-state index in [1.54, 1.807) is 36.4 Å². The first-order chi connectivity index (χ1) is 9.61. The standard InChI is InChI=1S/C15H10N2O3/c16-13(18)11-7-3-4-8-12(11)17-14(19)9-5-1-2-6-10(9)15(17)20/h1-8H,(H2,16,18). The van der Waals surface area contributed by atoms with Crippen molar-refractivity contribution in [3.8, 4) is 0 Å². The number of carbonyl (C=O) groups excluding carboxylic acids is 3. The van der Waals surface area contributed by atoms with Crippen LogP contribution in [0.5, 0.6) is 0 Å². The van der Waals surface area contributed by atoms with Crippen molar-refractivity contribution >= 4 is 23.4 Å². The Balaban J connectivity index is 2.17. The third-order valence-corrected chi connectivity index (χ3v) is 3.20. The van der Waals surface area contributed by atoms with Gasteiger partial charge in [0.2, 0.25) is 0 Å². The van der Waals surface area contributed by atoms with Crippen LogP contribution in [-0.2, 0) is 0 Å². The Bertz CT molecular complexity index is 717. The SMILES string of the molecule is NC(=O)c1ccccc1N1C(=O)c2ccccc2C1=O. The van der Waals surface area contributed by atoms with Crippen LogP contribution in [0.1, 0.15) is 31.1 Å². The fourth-order valence-corrected chi connectivity index (χ4v) is 2.29. The number of amides is 3. The second kappa shape index (κ2) is 4.31. The molecule has 98 valence electrons. The van der Waals surface area contributed by atoms with Crippen LogP contribution in [0, 0.1) is 0 Å². The summed E-state index contributed by atoms with van der Waals surface area (Å²) in [5.74, 6) is -1.57. The Morgan fingerprint density at radius 1 is 0.850 bits per heavy atom. The van der Waals surface area contributed by atoms with Crippen LogP contribution in [0.4, 0.5) is 5.69 Å². The van der Waals surface area contributed by atoms with Crippen molar-refractivity contribution in [2.75, 3.05) is 4.90 Å². The van der Waals surface area contributed by atoms with Gasteiger partial charge in [0.05, 0.1) is 22.4 Å². The highest BCUT2D eigenvalue weighted by Gasteiger charge is 2.37. The van der Waals surface area contributed by atoms with Crippen LogP contribution in [-0.4, -0.2) is 17.7 Å². The first kappa shape index (κ1) is 12.1. The molecule has 0 saturated heterocycles. The molecule has 3 rings (SSSR count). The minimum absolute atomic E-state index is 0.141. The lowest BCUT2D eigenvalue weighted by Crippen LogP contribution is -2.31. The van der Waals surface area contributed by atoms with Crippen molar-refractivity contribution in [1.29, 1.82) is 0 Å². The number of fused-ring (bicyclic) bond motifs is 1. The third-order valence-electron chi connectivity index (χ3n) is 3.20. The number of anilines is 1. The summed E-state index contributed by atoms with van der Waals surface area (Å²) >= 11 is 0. The quantitative estimate of drug-likeness (QED) is 0.838. The van der Waals surface area contributed by atoms with Crippen LogP contribution in [0.2, 0.25) is 0 Å². The van der Waals surface area contributed by atoms with Gasteiger partial charge in [-0.1, -0.05) is 24.3 Å². The number of benzene rings is 2. The zero-order valence-corrected chi connectivity index (χ0v) is 10.4. The molecular weight excluding hydrogens is 256 g/mol. The molecule has 0 aromatic heterocycles. The summed E-state index contributed by atoms with van der Waals surface area (Å²) in [6.07, 6.45) is 0. The predicted molar refractivity (Wildman–Crippen MR) is 72.5 cm³/mol. The molecule has 1 heterocycles. The van der Waals surface area contributed by atoms with Crippen LogP contribution in [0.25, 0.3) is 0 Å². The van der Waals surface area contributed by atoms with Crippen molar-refractivity contribution in [1.82, 2.24) is 0 Å². The Kier molecular flexibility index (Phi) is 2.61.